The van der Waals surface area contributed by atoms with Gasteiger partial charge in [-0.25, -0.2) is 4.79 Å². The first-order chi connectivity index (χ1) is 12.0. The monoisotopic (exact) mass is 331 g/mol. The number of esters is 1. The standard InChI is InChI=1S/C20H17N3O2/c1-14(2)25-20(24)18-5-3-4-17(10-18)16-6-8-19(9-7-16)23-13-15(11-21)12-22/h3-10,13-14,23H,1-2H3. The van der Waals surface area contributed by atoms with E-state index in [0.717, 1.165) is 16.8 Å². The Labute approximate surface area is 146 Å². The minimum atomic E-state index is -0.346. The quantitative estimate of drug-likeness (QED) is 0.653. The fourth-order valence-electron chi connectivity index (χ4n) is 2.11. The molecule has 0 heterocycles. The van der Waals surface area contributed by atoms with Crippen molar-refractivity contribution in [3.8, 4) is 23.3 Å². The molecule has 0 radical (unpaired) electrons. The highest BCUT2D eigenvalue weighted by Gasteiger charge is 2.10. The Balaban J connectivity index is 2.18. The third kappa shape index (κ3) is 4.95. The Hall–Kier alpha value is -3.57. The third-order valence-corrected chi connectivity index (χ3v) is 3.28. The summed E-state index contributed by atoms with van der Waals surface area (Å²) in [5.41, 5.74) is 3.09. The molecule has 0 unspecified atom stereocenters. The van der Waals surface area contributed by atoms with Gasteiger partial charge in [-0.3, -0.25) is 0 Å². The summed E-state index contributed by atoms with van der Waals surface area (Å²) in [4.78, 5) is 12.0. The molecule has 5 heteroatoms. The van der Waals surface area contributed by atoms with Crippen LogP contribution >= 0.6 is 0 Å². The van der Waals surface area contributed by atoms with Crippen LogP contribution in [-0.2, 0) is 4.74 Å². The number of benzene rings is 2. The summed E-state index contributed by atoms with van der Waals surface area (Å²) in [6.45, 7) is 3.62. The normalized spacial score (nSPS) is 9.64. The molecule has 0 aliphatic heterocycles. The molecule has 0 amide bonds. The zero-order valence-electron chi connectivity index (χ0n) is 14.0. The Morgan fingerprint density at radius 3 is 2.36 bits per heavy atom. The molecule has 2 aromatic rings. The highest BCUT2D eigenvalue weighted by molar-refractivity contribution is 5.91. The molecular formula is C20H17N3O2. The van der Waals surface area contributed by atoms with Gasteiger partial charge < -0.3 is 10.1 Å². The summed E-state index contributed by atoms with van der Waals surface area (Å²) >= 11 is 0. The molecule has 0 aromatic heterocycles. The van der Waals surface area contributed by atoms with Crippen molar-refractivity contribution in [1.82, 2.24) is 0 Å². The summed E-state index contributed by atoms with van der Waals surface area (Å²) < 4.78 is 5.21. The van der Waals surface area contributed by atoms with Gasteiger partial charge in [-0.2, -0.15) is 10.5 Å². The predicted molar refractivity (Wildman–Crippen MR) is 95.4 cm³/mol. The number of hydrogen-bond donors (Lipinski definition) is 1. The van der Waals surface area contributed by atoms with Crippen molar-refractivity contribution in [2.45, 2.75) is 20.0 Å². The lowest BCUT2D eigenvalue weighted by molar-refractivity contribution is 0.0378. The van der Waals surface area contributed by atoms with E-state index >= 15 is 0 Å². The number of nitriles is 2. The number of carbonyl (C=O) groups is 1. The molecular weight excluding hydrogens is 314 g/mol. The SMILES string of the molecule is CC(C)OC(=O)c1cccc(-c2ccc(NC=C(C#N)C#N)cc2)c1. The van der Waals surface area contributed by atoms with Crippen molar-refractivity contribution >= 4 is 11.7 Å². The van der Waals surface area contributed by atoms with Crippen LogP contribution in [0.25, 0.3) is 11.1 Å². The van der Waals surface area contributed by atoms with Gasteiger partial charge in [-0.1, -0.05) is 24.3 Å². The second-order valence-corrected chi connectivity index (χ2v) is 5.54. The molecule has 0 aliphatic rings. The van der Waals surface area contributed by atoms with Crippen LogP contribution in [0, 0.1) is 22.7 Å². The number of anilines is 1. The Morgan fingerprint density at radius 2 is 1.76 bits per heavy atom. The van der Waals surface area contributed by atoms with E-state index < -0.39 is 0 Å². The maximum absolute atomic E-state index is 12.0. The summed E-state index contributed by atoms with van der Waals surface area (Å²) in [5, 5.41) is 20.3. The number of allylic oxidation sites excluding steroid dienone is 1. The minimum Gasteiger partial charge on any atom is -0.459 e. The number of hydrogen-bond acceptors (Lipinski definition) is 5. The molecule has 0 fully saturated rings. The summed E-state index contributed by atoms with van der Waals surface area (Å²) in [6, 6.07) is 18.2. The summed E-state index contributed by atoms with van der Waals surface area (Å²) in [5.74, 6) is -0.346. The van der Waals surface area contributed by atoms with E-state index in [4.69, 9.17) is 15.3 Å². The van der Waals surface area contributed by atoms with Crippen LogP contribution in [0.2, 0.25) is 0 Å². The molecule has 124 valence electrons. The van der Waals surface area contributed by atoms with E-state index in [1.807, 2.05) is 50.2 Å². The van der Waals surface area contributed by atoms with Crippen LogP contribution in [-0.4, -0.2) is 12.1 Å². The van der Waals surface area contributed by atoms with Crippen LogP contribution in [0.3, 0.4) is 0 Å². The molecule has 0 spiro atoms. The van der Waals surface area contributed by atoms with Crippen LogP contribution in [0.5, 0.6) is 0 Å². The topological polar surface area (TPSA) is 85.9 Å². The van der Waals surface area contributed by atoms with Crippen LogP contribution < -0.4 is 5.32 Å². The van der Waals surface area contributed by atoms with Crippen molar-refractivity contribution in [2.24, 2.45) is 0 Å². The van der Waals surface area contributed by atoms with E-state index in [9.17, 15) is 4.79 Å². The molecule has 0 atom stereocenters. The van der Waals surface area contributed by atoms with Crippen molar-refractivity contribution in [3.05, 3.63) is 65.9 Å². The molecule has 25 heavy (non-hydrogen) atoms. The Morgan fingerprint density at radius 1 is 1.08 bits per heavy atom. The largest absolute Gasteiger partial charge is 0.459 e. The second-order valence-electron chi connectivity index (χ2n) is 5.54. The molecule has 0 aliphatic carbocycles. The average Bonchev–Trinajstić information content (AvgIpc) is 2.62. The number of rotatable bonds is 5. The van der Waals surface area contributed by atoms with Gasteiger partial charge in [0, 0.05) is 11.9 Å². The van der Waals surface area contributed by atoms with Crippen LogP contribution in [0.4, 0.5) is 5.69 Å². The molecule has 0 saturated heterocycles. The highest BCUT2D eigenvalue weighted by atomic mass is 16.5. The van der Waals surface area contributed by atoms with E-state index in [0.29, 0.717) is 5.56 Å². The van der Waals surface area contributed by atoms with Gasteiger partial charge in [-0.05, 0) is 49.2 Å². The maximum Gasteiger partial charge on any atom is 0.338 e. The van der Waals surface area contributed by atoms with Gasteiger partial charge in [0.1, 0.15) is 17.7 Å². The fraction of sp³-hybridized carbons (Fsp3) is 0.150. The van der Waals surface area contributed by atoms with E-state index in [2.05, 4.69) is 5.32 Å². The van der Waals surface area contributed by atoms with Crippen molar-refractivity contribution in [3.63, 3.8) is 0 Å². The summed E-state index contributed by atoms with van der Waals surface area (Å²) in [7, 11) is 0. The third-order valence-electron chi connectivity index (χ3n) is 3.28. The van der Waals surface area contributed by atoms with Gasteiger partial charge in [0.05, 0.1) is 11.7 Å². The van der Waals surface area contributed by atoms with Crippen molar-refractivity contribution in [2.75, 3.05) is 5.32 Å². The smallest absolute Gasteiger partial charge is 0.338 e. The highest BCUT2D eigenvalue weighted by Crippen LogP contribution is 2.23. The van der Waals surface area contributed by atoms with E-state index in [1.165, 1.54) is 6.20 Å². The molecule has 2 aromatic carbocycles. The maximum atomic E-state index is 12.0. The molecule has 2 rings (SSSR count). The van der Waals surface area contributed by atoms with Gasteiger partial charge in [0.15, 0.2) is 0 Å². The molecule has 0 saturated carbocycles. The van der Waals surface area contributed by atoms with Gasteiger partial charge in [0.2, 0.25) is 0 Å². The lowest BCUT2D eigenvalue weighted by Gasteiger charge is -2.09. The van der Waals surface area contributed by atoms with Gasteiger partial charge in [-0.15, -0.1) is 0 Å². The number of carbonyl (C=O) groups excluding carboxylic acids is 1. The van der Waals surface area contributed by atoms with Gasteiger partial charge >= 0.3 is 5.97 Å². The van der Waals surface area contributed by atoms with Crippen molar-refractivity contribution in [1.29, 1.82) is 10.5 Å². The predicted octanol–water partition coefficient (Wildman–Crippen LogP) is 4.26. The van der Waals surface area contributed by atoms with Gasteiger partial charge in [0.25, 0.3) is 0 Å². The molecule has 0 bridgehead atoms. The number of nitrogens with one attached hydrogen (secondary N) is 1. The first-order valence-electron chi connectivity index (χ1n) is 7.72. The van der Waals surface area contributed by atoms with E-state index in [-0.39, 0.29) is 17.6 Å². The first kappa shape index (κ1) is 17.8. The van der Waals surface area contributed by atoms with Crippen LogP contribution in [0.15, 0.2) is 60.3 Å². The number of ether oxygens (including phenoxy) is 1. The fourth-order valence-corrected chi connectivity index (χ4v) is 2.11. The molecule has 1 N–H and O–H groups in total. The van der Waals surface area contributed by atoms with Crippen molar-refractivity contribution < 1.29 is 9.53 Å². The van der Waals surface area contributed by atoms with Crippen LogP contribution in [0.1, 0.15) is 24.2 Å². The average molecular weight is 331 g/mol. The zero-order chi connectivity index (χ0) is 18.2. The lowest BCUT2D eigenvalue weighted by Crippen LogP contribution is -2.11. The first-order valence-corrected chi connectivity index (χ1v) is 7.72. The zero-order valence-corrected chi connectivity index (χ0v) is 14.0. The lowest BCUT2D eigenvalue weighted by atomic mass is 10.0. The molecule has 5 nitrogen and oxygen atoms in total. The van der Waals surface area contributed by atoms with E-state index in [1.54, 1.807) is 24.3 Å². The minimum absolute atomic E-state index is 0.000410. The Kier molecular flexibility index (Phi) is 5.92. The number of nitrogens with zero attached hydrogens (tertiary/aromatic N) is 2. The Bertz CT molecular complexity index is 853. The second kappa shape index (κ2) is 8.33. The summed E-state index contributed by atoms with van der Waals surface area (Å²) in [6.07, 6.45) is 1.19.